The van der Waals surface area contributed by atoms with Crippen molar-refractivity contribution in [3.05, 3.63) is 29.3 Å². The molecule has 4 nitrogen and oxygen atoms in total. The van der Waals surface area contributed by atoms with Crippen LogP contribution in [0.4, 0.5) is 5.69 Å². The molecule has 0 aromatic heterocycles. The second-order valence-corrected chi connectivity index (χ2v) is 5.24. The summed E-state index contributed by atoms with van der Waals surface area (Å²) in [6.07, 6.45) is 1.11. The van der Waals surface area contributed by atoms with Crippen LogP contribution >= 0.6 is 0 Å². The van der Waals surface area contributed by atoms with E-state index in [0.717, 1.165) is 52.4 Å². The molecule has 1 saturated heterocycles. The Bertz CT molecular complexity index is 401. The van der Waals surface area contributed by atoms with Crippen LogP contribution in [0.25, 0.3) is 0 Å². The molecule has 1 aliphatic rings. The number of anilines is 1. The van der Waals surface area contributed by atoms with Gasteiger partial charge in [0.05, 0.1) is 13.2 Å². The standard InChI is InChI=1S/C16H26N2O2/c1-14-12-15(13-17-6-10-19-2)4-5-16(14)18-7-3-9-20-11-8-18/h4-5,12,17H,3,6-11,13H2,1-2H3. The summed E-state index contributed by atoms with van der Waals surface area (Å²) in [6.45, 7) is 8.54. The van der Waals surface area contributed by atoms with Gasteiger partial charge in [0, 0.05) is 45.6 Å². The molecule has 0 amide bonds. The van der Waals surface area contributed by atoms with Crippen LogP contribution in [0.15, 0.2) is 18.2 Å². The van der Waals surface area contributed by atoms with Gasteiger partial charge in [0.25, 0.3) is 0 Å². The number of ether oxygens (including phenoxy) is 2. The molecule has 0 atom stereocenters. The second-order valence-electron chi connectivity index (χ2n) is 5.24. The Kier molecular flexibility index (Phi) is 6.30. The fraction of sp³-hybridized carbons (Fsp3) is 0.625. The summed E-state index contributed by atoms with van der Waals surface area (Å²) >= 11 is 0. The molecule has 0 bridgehead atoms. The number of nitrogens with zero attached hydrogens (tertiary/aromatic N) is 1. The number of benzene rings is 1. The van der Waals surface area contributed by atoms with Gasteiger partial charge >= 0.3 is 0 Å². The van der Waals surface area contributed by atoms with Crippen molar-refractivity contribution >= 4 is 5.69 Å². The highest BCUT2D eigenvalue weighted by Gasteiger charge is 2.12. The molecule has 2 rings (SSSR count). The van der Waals surface area contributed by atoms with Crippen molar-refractivity contribution in [2.75, 3.05) is 51.5 Å². The molecule has 0 saturated carbocycles. The normalized spacial score (nSPS) is 16.2. The highest BCUT2D eigenvalue weighted by atomic mass is 16.5. The summed E-state index contributed by atoms with van der Waals surface area (Å²) in [4.78, 5) is 2.43. The topological polar surface area (TPSA) is 33.7 Å². The molecule has 20 heavy (non-hydrogen) atoms. The smallest absolute Gasteiger partial charge is 0.0641 e. The molecule has 1 heterocycles. The van der Waals surface area contributed by atoms with E-state index in [1.807, 2.05) is 0 Å². The Morgan fingerprint density at radius 2 is 2.20 bits per heavy atom. The highest BCUT2D eigenvalue weighted by Crippen LogP contribution is 2.22. The number of rotatable bonds is 6. The summed E-state index contributed by atoms with van der Waals surface area (Å²) in [5.74, 6) is 0. The van der Waals surface area contributed by atoms with E-state index >= 15 is 0 Å². The van der Waals surface area contributed by atoms with Crippen LogP contribution in [0.1, 0.15) is 17.5 Å². The average Bonchev–Trinajstić information content (AvgIpc) is 2.73. The minimum Gasteiger partial charge on any atom is -0.383 e. The molecule has 0 aliphatic carbocycles. The molecule has 112 valence electrons. The first-order valence-electron chi connectivity index (χ1n) is 7.43. The first kappa shape index (κ1) is 15.3. The molecular formula is C16H26N2O2. The third kappa shape index (κ3) is 4.47. The zero-order valence-corrected chi connectivity index (χ0v) is 12.7. The number of hydrogen-bond donors (Lipinski definition) is 1. The van der Waals surface area contributed by atoms with Crippen LogP contribution in [-0.4, -0.2) is 46.6 Å². The van der Waals surface area contributed by atoms with E-state index in [9.17, 15) is 0 Å². The van der Waals surface area contributed by atoms with Gasteiger partial charge in [0.2, 0.25) is 0 Å². The van der Waals surface area contributed by atoms with Crippen LogP contribution in [-0.2, 0) is 16.0 Å². The Morgan fingerprint density at radius 3 is 3.00 bits per heavy atom. The fourth-order valence-corrected chi connectivity index (χ4v) is 2.58. The van der Waals surface area contributed by atoms with Crippen LogP contribution < -0.4 is 10.2 Å². The predicted molar refractivity (Wildman–Crippen MR) is 82.4 cm³/mol. The van der Waals surface area contributed by atoms with Crippen molar-refractivity contribution in [1.29, 1.82) is 0 Å². The number of aryl methyl sites for hydroxylation is 1. The first-order valence-corrected chi connectivity index (χ1v) is 7.43. The van der Waals surface area contributed by atoms with Crippen molar-refractivity contribution in [2.24, 2.45) is 0 Å². The van der Waals surface area contributed by atoms with E-state index in [4.69, 9.17) is 9.47 Å². The molecule has 0 spiro atoms. The minimum atomic E-state index is 0.755. The van der Waals surface area contributed by atoms with Gasteiger partial charge in [-0.1, -0.05) is 12.1 Å². The van der Waals surface area contributed by atoms with Crippen molar-refractivity contribution in [1.82, 2.24) is 5.32 Å². The predicted octanol–water partition coefficient (Wildman–Crippen LogP) is 1.96. The van der Waals surface area contributed by atoms with Crippen molar-refractivity contribution in [3.8, 4) is 0 Å². The summed E-state index contributed by atoms with van der Waals surface area (Å²) in [6, 6.07) is 6.74. The van der Waals surface area contributed by atoms with E-state index in [2.05, 4.69) is 35.3 Å². The fourth-order valence-electron chi connectivity index (χ4n) is 2.58. The van der Waals surface area contributed by atoms with Gasteiger partial charge < -0.3 is 19.7 Å². The van der Waals surface area contributed by atoms with Crippen LogP contribution in [0.2, 0.25) is 0 Å². The quantitative estimate of drug-likeness (QED) is 0.807. The second kappa shape index (κ2) is 8.25. The van der Waals surface area contributed by atoms with E-state index in [0.29, 0.717) is 0 Å². The summed E-state index contributed by atoms with van der Waals surface area (Å²) in [7, 11) is 1.73. The lowest BCUT2D eigenvalue weighted by atomic mass is 10.1. The molecular weight excluding hydrogens is 252 g/mol. The molecule has 1 fully saturated rings. The molecule has 1 aliphatic heterocycles. The van der Waals surface area contributed by atoms with Crippen molar-refractivity contribution in [2.45, 2.75) is 19.9 Å². The number of methoxy groups -OCH3 is 1. The maximum absolute atomic E-state index is 5.52. The molecule has 0 radical (unpaired) electrons. The lowest BCUT2D eigenvalue weighted by molar-refractivity contribution is 0.152. The van der Waals surface area contributed by atoms with Gasteiger partial charge in [0.1, 0.15) is 0 Å². The van der Waals surface area contributed by atoms with E-state index in [1.165, 1.54) is 16.8 Å². The average molecular weight is 278 g/mol. The monoisotopic (exact) mass is 278 g/mol. The molecule has 0 unspecified atom stereocenters. The zero-order chi connectivity index (χ0) is 14.2. The molecule has 1 aromatic rings. The Hall–Kier alpha value is -1.10. The maximum Gasteiger partial charge on any atom is 0.0641 e. The van der Waals surface area contributed by atoms with E-state index in [-0.39, 0.29) is 0 Å². The van der Waals surface area contributed by atoms with Crippen LogP contribution in [0, 0.1) is 6.92 Å². The summed E-state index contributed by atoms with van der Waals surface area (Å²) in [5, 5.41) is 3.38. The number of hydrogen-bond acceptors (Lipinski definition) is 4. The number of nitrogens with one attached hydrogen (secondary N) is 1. The minimum absolute atomic E-state index is 0.755. The SMILES string of the molecule is COCCNCc1ccc(N2CCCOCC2)c(C)c1. The molecule has 1 aromatic carbocycles. The molecule has 4 heteroatoms. The van der Waals surface area contributed by atoms with Gasteiger partial charge in [-0.05, 0) is 30.5 Å². The highest BCUT2D eigenvalue weighted by molar-refractivity contribution is 5.54. The van der Waals surface area contributed by atoms with Gasteiger partial charge in [-0.2, -0.15) is 0 Å². The molecule has 1 N–H and O–H groups in total. The Balaban J connectivity index is 1.94. The van der Waals surface area contributed by atoms with Crippen molar-refractivity contribution in [3.63, 3.8) is 0 Å². The zero-order valence-electron chi connectivity index (χ0n) is 12.7. The Labute approximate surface area is 122 Å². The summed E-state index contributed by atoms with van der Waals surface area (Å²) in [5.41, 5.74) is 4.02. The van der Waals surface area contributed by atoms with Gasteiger partial charge in [0.15, 0.2) is 0 Å². The largest absolute Gasteiger partial charge is 0.383 e. The van der Waals surface area contributed by atoms with Gasteiger partial charge in [-0.25, -0.2) is 0 Å². The summed E-state index contributed by atoms with van der Waals surface area (Å²) < 4.78 is 10.6. The van der Waals surface area contributed by atoms with Crippen LogP contribution in [0.5, 0.6) is 0 Å². The van der Waals surface area contributed by atoms with Gasteiger partial charge in [-0.3, -0.25) is 0 Å². The maximum atomic E-state index is 5.52. The third-order valence-corrected chi connectivity index (χ3v) is 3.64. The first-order chi connectivity index (χ1) is 9.81. The lowest BCUT2D eigenvalue weighted by Crippen LogP contribution is -2.26. The van der Waals surface area contributed by atoms with Crippen LogP contribution in [0.3, 0.4) is 0 Å². The van der Waals surface area contributed by atoms with E-state index in [1.54, 1.807) is 7.11 Å². The van der Waals surface area contributed by atoms with Gasteiger partial charge in [-0.15, -0.1) is 0 Å². The Morgan fingerprint density at radius 1 is 1.30 bits per heavy atom. The van der Waals surface area contributed by atoms with Crippen molar-refractivity contribution < 1.29 is 9.47 Å². The lowest BCUT2D eigenvalue weighted by Gasteiger charge is -2.24. The third-order valence-electron chi connectivity index (χ3n) is 3.64. The van der Waals surface area contributed by atoms with E-state index < -0.39 is 0 Å².